The lowest BCUT2D eigenvalue weighted by atomic mass is 9.77. The lowest BCUT2D eigenvalue weighted by molar-refractivity contribution is -0.141. The first kappa shape index (κ1) is 13.5. The maximum atomic E-state index is 11.5. The van der Waals surface area contributed by atoms with E-state index in [2.05, 4.69) is 4.74 Å². The molecule has 0 aromatic carbocycles. The van der Waals surface area contributed by atoms with Crippen molar-refractivity contribution in [3.05, 3.63) is 23.5 Å². The molecule has 1 N–H and O–H groups in total. The molecule has 4 nitrogen and oxygen atoms in total. The lowest BCUT2D eigenvalue weighted by Crippen LogP contribution is -2.21. The summed E-state index contributed by atoms with van der Waals surface area (Å²) in [7, 11) is 0. The molecule has 0 radical (unpaired) electrons. The highest BCUT2D eigenvalue weighted by atomic mass is 16.5. The van der Waals surface area contributed by atoms with Gasteiger partial charge >= 0.3 is 5.97 Å². The average Bonchev–Trinajstić information content (AvgIpc) is 2.14. The lowest BCUT2D eigenvalue weighted by Gasteiger charge is -2.27. The third-order valence-corrected chi connectivity index (χ3v) is 2.49. The molecule has 0 saturated heterocycles. The SMILES string of the molecule is CCOC(=O)/C(O)=C/C1=CC(=O)CC(C)(C)C1. The minimum atomic E-state index is -0.760. The van der Waals surface area contributed by atoms with Crippen LogP contribution in [-0.4, -0.2) is 23.5 Å². The molecule has 17 heavy (non-hydrogen) atoms. The van der Waals surface area contributed by atoms with Gasteiger partial charge in [0, 0.05) is 6.42 Å². The number of carbonyl (C=O) groups is 2. The van der Waals surface area contributed by atoms with Gasteiger partial charge in [0.15, 0.2) is 5.78 Å². The number of aliphatic hydroxyl groups excluding tert-OH is 1. The van der Waals surface area contributed by atoms with E-state index in [1.54, 1.807) is 6.92 Å². The molecule has 0 spiro atoms. The Balaban J connectivity index is 2.83. The van der Waals surface area contributed by atoms with Crippen LogP contribution in [0.1, 0.15) is 33.6 Å². The summed E-state index contributed by atoms with van der Waals surface area (Å²) in [5, 5.41) is 9.49. The zero-order chi connectivity index (χ0) is 13.1. The second kappa shape index (κ2) is 5.17. The van der Waals surface area contributed by atoms with E-state index in [9.17, 15) is 14.7 Å². The van der Waals surface area contributed by atoms with E-state index >= 15 is 0 Å². The molecule has 0 saturated carbocycles. The van der Waals surface area contributed by atoms with Gasteiger partial charge in [-0.05, 0) is 36.5 Å². The van der Waals surface area contributed by atoms with Gasteiger partial charge in [-0.2, -0.15) is 0 Å². The minimum Gasteiger partial charge on any atom is -0.502 e. The van der Waals surface area contributed by atoms with Crippen LogP contribution in [0.5, 0.6) is 0 Å². The molecule has 4 heteroatoms. The van der Waals surface area contributed by atoms with Crippen LogP contribution in [0.4, 0.5) is 0 Å². The van der Waals surface area contributed by atoms with Gasteiger partial charge in [0.25, 0.3) is 0 Å². The number of hydrogen-bond acceptors (Lipinski definition) is 4. The Morgan fingerprint density at radius 1 is 1.53 bits per heavy atom. The summed E-state index contributed by atoms with van der Waals surface area (Å²) < 4.78 is 4.65. The summed E-state index contributed by atoms with van der Waals surface area (Å²) in [6.07, 6.45) is 3.93. The van der Waals surface area contributed by atoms with E-state index in [1.807, 2.05) is 13.8 Å². The molecule has 0 unspecified atom stereocenters. The summed E-state index contributed by atoms with van der Waals surface area (Å²) in [5.41, 5.74) is 0.531. The Kier molecular flexibility index (Phi) is 4.10. The van der Waals surface area contributed by atoms with E-state index < -0.39 is 11.7 Å². The van der Waals surface area contributed by atoms with E-state index in [0.717, 1.165) is 0 Å². The number of hydrogen-bond donors (Lipinski definition) is 1. The van der Waals surface area contributed by atoms with Crippen LogP contribution in [0, 0.1) is 5.41 Å². The van der Waals surface area contributed by atoms with Crippen molar-refractivity contribution in [1.82, 2.24) is 0 Å². The summed E-state index contributed by atoms with van der Waals surface area (Å²) >= 11 is 0. The van der Waals surface area contributed by atoms with Crippen molar-refractivity contribution in [2.24, 2.45) is 5.41 Å². The van der Waals surface area contributed by atoms with Gasteiger partial charge in [-0.1, -0.05) is 13.8 Å². The summed E-state index contributed by atoms with van der Waals surface area (Å²) in [6.45, 7) is 5.83. The van der Waals surface area contributed by atoms with Crippen LogP contribution in [0.25, 0.3) is 0 Å². The van der Waals surface area contributed by atoms with Crippen molar-refractivity contribution in [3.63, 3.8) is 0 Å². The van der Waals surface area contributed by atoms with E-state index in [-0.39, 0.29) is 17.8 Å². The van der Waals surface area contributed by atoms with E-state index in [0.29, 0.717) is 18.4 Å². The highest BCUT2D eigenvalue weighted by Gasteiger charge is 2.27. The third kappa shape index (κ3) is 4.06. The largest absolute Gasteiger partial charge is 0.502 e. The topological polar surface area (TPSA) is 63.6 Å². The van der Waals surface area contributed by atoms with E-state index in [1.165, 1.54) is 12.2 Å². The van der Waals surface area contributed by atoms with Gasteiger partial charge in [-0.3, -0.25) is 4.79 Å². The molecule has 1 aliphatic rings. The average molecular weight is 238 g/mol. The highest BCUT2D eigenvalue weighted by molar-refractivity contribution is 5.93. The zero-order valence-electron chi connectivity index (χ0n) is 10.4. The number of rotatable bonds is 3. The minimum absolute atomic E-state index is 0.0177. The Labute approximate surface area is 101 Å². The van der Waals surface area contributed by atoms with Gasteiger partial charge in [0.05, 0.1) is 6.61 Å². The number of aliphatic hydroxyl groups is 1. The third-order valence-electron chi connectivity index (χ3n) is 2.49. The Morgan fingerprint density at radius 2 is 2.18 bits per heavy atom. The number of ketones is 1. The van der Waals surface area contributed by atoms with Crippen molar-refractivity contribution in [2.75, 3.05) is 6.61 Å². The van der Waals surface area contributed by atoms with Crippen molar-refractivity contribution in [3.8, 4) is 0 Å². The predicted octanol–water partition coefficient (Wildman–Crippen LogP) is 2.31. The van der Waals surface area contributed by atoms with Crippen LogP contribution in [-0.2, 0) is 14.3 Å². The first-order valence-corrected chi connectivity index (χ1v) is 5.65. The molecule has 0 aromatic heterocycles. The molecular formula is C13H18O4. The summed E-state index contributed by atoms with van der Waals surface area (Å²) in [6, 6.07) is 0. The predicted molar refractivity (Wildman–Crippen MR) is 63.4 cm³/mol. The highest BCUT2D eigenvalue weighted by Crippen LogP contribution is 2.34. The molecule has 1 rings (SSSR count). The number of carbonyl (C=O) groups excluding carboxylic acids is 2. The normalized spacial score (nSPS) is 19.8. The fourth-order valence-corrected chi connectivity index (χ4v) is 1.93. The van der Waals surface area contributed by atoms with Crippen LogP contribution < -0.4 is 0 Å². The summed E-state index contributed by atoms with van der Waals surface area (Å²) in [4.78, 5) is 22.7. The molecule has 0 aliphatic heterocycles. The number of allylic oxidation sites excluding steroid dienone is 3. The molecule has 94 valence electrons. The van der Waals surface area contributed by atoms with Crippen LogP contribution in [0.3, 0.4) is 0 Å². The van der Waals surface area contributed by atoms with E-state index in [4.69, 9.17) is 0 Å². The second-order valence-corrected chi connectivity index (χ2v) is 4.95. The van der Waals surface area contributed by atoms with Gasteiger partial charge in [0.1, 0.15) is 0 Å². The fourth-order valence-electron chi connectivity index (χ4n) is 1.93. The fraction of sp³-hybridized carbons (Fsp3) is 0.538. The van der Waals surface area contributed by atoms with Crippen LogP contribution >= 0.6 is 0 Å². The van der Waals surface area contributed by atoms with Crippen molar-refractivity contribution < 1.29 is 19.4 Å². The molecule has 0 atom stereocenters. The van der Waals surface area contributed by atoms with Crippen LogP contribution in [0.15, 0.2) is 23.5 Å². The van der Waals surface area contributed by atoms with Crippen molar-refractivity contribution in [1.29, 1.82) is 0 Å². The Morgan fingerprint density at radius 3 is 2.71 bits per heavy atom. The first-order valence-electron chi connectivity index (χ1n) is 5.65. The maximum absolute atomic E-state index is 11.5. The molecule has 1 aliphatic carbocycles. The molecular weight excluding hydrogens is 220 g/mol. The Bertz CT molecular complexity index is 388. The Hall–Kier alpha value is -1.58. The smallest absolute Gasteiger partial charge is 0.373 e. The van der Waals surface area contributed by atoms with Crippen LogP contribution in [0.2, 0.25) is 0 Å². The maximum Gasteiger partial charge on any atom is 0.373 e. The number of esters is 1. The standard InChI is InChI=1S/C13H18O4/c1-4-17-12(16)11(15)6-9-5-10(14)8-13(2,3)7-9/h5-6,15H,4,7-8H2,1-3H3/b11-6-. The molecule has 0 aromatic rings. The van der Waals surface area contributed by atoms with Gasteiger partial charge in [-0.25, -0.2) is 4.79 Å². The first-order chi connectivity index (χ1) is 7.84. The molecule has 0 fully saturated rings. The van der Waals surface area contributed by atoms with Gasteiger partial charge < -0.3 is 9.84 Å². The molecule has 0 bridgehead atoms. The van der Waals surface area contributed by atoms with Crippen molar-refractivity contribution in [2.45, 2.75) is 33.6 Å². The zero-order valence-corrected chi connectivity index (χ0v) is 10.4. The van der Waals surface area contributed by atoms with Crippen molar-refractivity contribution >= 4 is 11.8 Å². The number of ether oxygens (including phenoxy) is 1. The molecule has 0 heterocycles. The van der Waals surface area contributed by atoms with Gasteiger partial charge in [0.2, 0.25) is 5.76 Å². The quantitative estimate of drug-likeness (QED) is 0.465. The monoisotopic (exact) mass is 238 g/mol. The summed E-state index contributed by atoms with van der Waals surface area (Å²) in [5.74, 6) is -1.20. The second-order valence-electron chi connectivity index (χ2n) is 4.95. The van der Waals surface area contributed by atoms with Gasteiger partial charge in [-0.15, -0.1) is 0 Å². The molecule has 0 amide bonds.